The van der Waals surface area contributed by atoms with Crippen molar-refractivity contribution in [3.63, 3.8) is 0 Å². The summed E-state index contributed by atoms with van der Waals surface area (Å²) in [5, 5.41) is 0.438. The van der Waals surface area contributed by atoms with E-state index in [1.165, 1.54) is 6.08 Å². The number of thioether (sulfide) groups is 1. The summed E-state index contributed by atoms with van der Waals surface area (Å²) in [5.74, 6) is -0.754. The summed E-state index contributed by atoms with van der Waals surface area (Å²) in [6.45, 7) is 3.24. The first-order valence-corrected chi connectivity index (χ1v) is 11.8. The number of hydrogen-bond acceptors (Lipinski definition) is 6. The number of nitrogens with zero attached hydrogens (tertiary/aromatic N) is 1. The maximum atomic E-state index is 12.6. The molecule has 0 bridgehead atoms. The number of rotatable bonds is 7. The summed E-state index contributed by atoms with van der Waals surface area (Å²) >= 11 is 16.5. The monoisotopic (exact) mass is 557 g/mol. The maximum Gasteiger partial charge on any atom is 0.326 e. The Morgan fingerprint density at radius 2 is 1.88 bits per heavy atom. The van der Waals surface area contributed by atoms with Crippen LogP contribution in [0.25, 0.3) is 6.08 Å². The van der Waals surface area contributed by atoms with Crippen LogP contribution in [0.1, 0.15) is 25.0 Å². The molecule has 0 saturated carbocycles. The number of imide groups is 1. The first kappa shape index (κ1) is 24.6. The van der Waals surface area contributed by atoms with Crippen LogP contribution in [0.4, 0.5) is 4.79 Å². The Bertz CT molecular complexity index is 1070. The van der Waals surface area contributed by atoms with Gasteiger partial charge in [-0.3, -0.25) is 19.3 Å². The van der Waals surface area contributed by atoms with Gasteiger partial charge in [0.05, 0.1) is 20.5 Å². The van der Waals surface area contributed by atoms with Crippen LogP contribution in [-0.4, -0.2) is 34.7 Å². The molecule has 6 nitrogen and oxygen atoms in total. The lowest BCUT2D eigenvalue weighted by Crippen LogP contribution is -2.35. The van der Waals surface area contributed by atoms with Gasteiger partial charge in [-0.2, -0.15) is 0 Å². The van der Waals surface area contributed by atoms with Crippen LogP contribution in [0.15, 0.2) is 45.8 Å². The Labute approximate surface area is 208 Å². The number of carbonyl (C=O) groups is 3. The molecule has 10 heteroatoms. The Hall–Kier alpha value is -2.00. The minimum Gasteiger partial charge on any atom is -0.486 e. The van der Waals surface area contributed by atoms with Crippen molar-refractivity contribution in [1.82, 2.24) is 4.90 Å². The highest BCUT2D eigenvalue weighted by Crippen LogP contribution is 2.38. The van der Waals surface area contributed by atoms with Gasteiger partial charge < -0.3 is 9.47 Å². The third-order valence-corrected chi connectivity index (χ3v) is 6.17. The van der Waals surface area contributed by atoms with Crippen molar-refractivity contribution >= 4 is 74.1 Å². The normalized spacial score (nSPS) is 15.1. The minimum absolute atomic E-state index is 0.185. The van der Waals surface area contributed by atoms with E-state index in [-0.39, 0.29) is 11.0 Å². The Morgan fingerprint density at radius 3 is 2.50 bits per heavy atom. The van der Waals surface area contributed by atoms with Crippen molar-refractivity contribution in [2.75, 3.05) is 6.54 Å². The lowest BCUT2D eigenvalue weighted by Gasteiger charge is -2.13. The lowest BCUT2D eigenvalue weighted by atomic mass is 10.2. The zero-order chi connectivity index (χ0) is 23.4. The van der Waals surface area contributed by atoms with Crippen LogP contribution in [0.3, 0.4) is 0 Å². The van der Waals surface area contributed by atoms with Crippen molar-refractivity contribution < 1.29 is 23.9 Å². The summed E-state index contributed by atoms with van der Waals surface area (Å²) in [5.41, 5.74) is 1.52. The fourth-order valence-electron chi connectivity index (χ4n) is 2.75. The molecule has 0 aliphatic carbocycles. The quantitative estimate of drug-likeness (QED) is 0.292. The predicted molar refractivity (Wildman–Crippen MR) is 129 cm³/mol. The Balaban J connectivity index is 1.73. The molecule has 0 radical (unpaired) electrons. The topological polar surface area (TPSA) is 72.9 Å². The third-order valence-electron chi connectivity index (χ3n) is 4.14. The summed E-state index contributed by atoms with van der Waals surface area (Å²) in [7, 11) is 0. The van der Waals surface area contributed by atoms with Gasteiger partial charge in [-0.1, -0.05) is 35.3 Å². The fraction of sp³-hybridized carbons (Fsp3) is 0.227. The molecule has 0 atom stereocenters. The standard InChI is InChI=1S/C22H18BrCl2NO5S/c1-12(2)31-19(27)10-26-21(28)18(32-22(26)29)9-14-7-16(23)20(17(25)8-14)30-11-13-3-5-15(24)6-4-13/h3-9,12H,10-11H2,1-2H3/b18-9+. The van der Waals surface area contributed by atoms with Gasteiger partial charge in [0.15, 0.2) is 5.75 Å². The van der Waals surface area contributed by atoms with Crippen molar-refractivity contribution in [2.45, 2.75) is 26.6 Å². The summed E-state index contributed by atoms with van der Waals surface area (Å²) in [6, 6.07) is 10.6. The predicted octanol–water partition coefficient (Wildman–Crippen LogP) is 6.32. The highest BCUT2D eigenvalue weighted by atomic mass is 79.9. The van der Waals surface area contributed by atoms with E-state index in [1.807, 2.05) is 12.1 Å². The van der Waals surface area contributed by atoms with Crippen LogP contribution in [0.2, 0.25) is 10.0 Å². The molecule has 2 aromatic rings. The largest absolute Gasteiger partial charge is 0.486 e. The molecule has 1 fully saturated rings. The second-order valence-electron chi connectivity index (χ2n) is 7.04. The molecule has 3 rings (SSSR count). The van der Waals surface area contributed by atoms with Crippen LogP contribution in [0.5, 0.6) is 5.75 Å². The molecule has 0 spiro atoms. The van der Waals surface area contributed by atoms with Gasteiger partial charge in [0.25, 0.3) is 11.1 Å². The highest BCUT2D eigenvalue weighted by molar-refractivity contribution is 9.10. The second kappa shape index (κ2) is 10.7. The third kappa shape index (κ3) is 6.28. The minimum atomic E-state index is -0.642. The van der Waals surface area contributed by atoms with Gasteiger partial charge in [0, 0.05) is 5.02 Å². The van der Waals surface area contributed by atoms with E-state index in [1.54, 1.807) is 38.1 Å². The van der Waals surface area contributed by atoms with Crippen LogP contribution < -0.4 is 4.74 Å². The number of halogens is 3. The SMILES string of the molecule is CC(C)OC(=O)CN1C(=O)S/C(=C/c2cc(Cl)c(OCc3ccc(Cl)cc3)c(Br)c2)C1=O. The van der Waals surface area contributed by atoms with Gasteiger partial charge in [-0.05, 0) is 83.0 Å². The first-order valence-electron chi connectivity index (χ1n) is 9.45. The molecule has 1 aliphatic heterocycles. The van der Waals surface area contributed by atoms with Gasteiger partial charge in [0.2, 0.25) is 0 Å². The average molecular weight is 559 g/mol. The van der Waals surface area contributed by atoms with Crippen molar-refractivity contribution in [3.8, 4) is 5.75 Å². The zero-order valence-corrected chi connectivity index (χ0v) is 21.0. The van der Waals surface area contributed by atoms with Gasteiger partial charge in [-0.15, -0.1) is 0 Å². The highest BCUT2D eigenvalue weighted by Gasteiger charge is 2.36. The number of esters is 1. The summed E-state index contributed by atoms with van der Waals surface area (Å²) in [6.07, 6.45) is 1.20. The van der Waals surface area contributed by atoms with Gasteiger partial charge in [-0.25, -0.2) is 0 Å². The second-order valence-corrected chi connectivity index (χ2v) is 9.73. The van der Waals surface area contributed by atoms with Crippen molar-refractivity contribution in [2.24, 2.45) is 0 Å². The summed E-state index contributed by atoms with van der Waals surface area (Å²) in [4.78, 5) is 37.7. The zero-order valence-electron chi connectivity index (χ0n) is 17.1. The van der Waals surface area contributed by atoms with E-state index < -0.39 is 23.7 Å². The molecule has 1 saturated heterocycles. The first-order chi connectivity index (χ1) is 15.1. The molecule has 0 unspecified atom stereocenters. The van der Waals surface area contributed by atoms with E-state index in [9.17, 15) is 14.4 Å². The molecule has 168 valence electrons. The van der Waals surface area contributed by atoms with E-state index in [2.05, 4.69) is 15.9 Å². The van der Waals surface area contributed by atoms with Crippen LogP contribution in [0, 0.1) is 0 Å². The number of benzene rings is 2. The van der Waals surface area contributed by atoms with E-state index in [0.717, 1.165) is 22.2 Å². The van der Waals surface area contributed by atoms with E-state index in [4.69, 9.17) is 32.7 Å². The molecule has 2 aromatic carbocycles. The number of hydrogen-bond donors (Lipinski definition) is 0. The Morgan fingerprint density at radius 1 is 1.19 bits per heavy atom. The number of amides is 2. The molecule has 0 aromatic heterocycles. The van der Waals surface area contributed by atoms with E-state index >= 15 is 0 Å². The Kier molecular flexibility index (Phi) is 8.27. The van der Waals surface area contributed by atoms with Gasteiger partial charge >= 0.3 is 5.97 Å². The molecule has 2 amide bonds. The molecule has 32 heavy (non-hydrogen) atoms. The lowest BCUT2D eigenvalue weighted by molar-refractivity contribution is -0.149. The molecule has 1 aliphatic rings. The molecule has 0 N–H and O–H groups in total. The molecular weight excluding hydrogens is 541 g/mol. The number of ether oxygens (including phenoxy) is 2. The van der Waals surface area contributed by atoms with Crippen LogP contribution in [-0.2, 0) is 20.9 Å². The van der Waals surface area contributed by atoms with Crippen molar-refractivity contribution in [3.05, 3.63) is 66.9 Å². The average Bonchev–Trinajstić information content (AvgIpc) is 2.95. The number of carbonyl (C=O) groups excluding carboxylic acids is 3. The molecular formula is C22H18BrCl2NO5S. The maximum absolute atomic E-state index is 12.6. The summed E-state index contributed by atoms with van der Waals surface area (Å²) < 4.78 is 11.4. The van der Waals surface area contributed by atoms with Crippen LogP contribution >= 0.6 is 50.9 Å². The smallest absolute Gasteiger partial charge is 0.326 e. The van der Waals surface area contributed by atoms with Gasteiger partial charge in [0.1, 0.15) is 13.2 Å². The van der Waals surface area contributed by atoms with Crippen molar-refractivity contribution in [1.29, 1.82) is 0 Å². The fourth-order valence-corrected chi connectivity index (χ4v) is 4.71. The van der Waals surface area contributed by atoms with E-state index in [0.29, 0.717) is 32.4 Å². The molecule has 1 heterocycles.